The lowest BCUT2D eigenvalue weighted by atomic mass is 9.96. The zero-order valence-corrected chi connectivity index (χ0v) is 19.5. The van der Waals surface area contributed by atoms with Gasteiger partial charge in [0.05, 0.1) is 17.8 Å². The number of nitrogens with zero attached hydrogens (tertiary/aromatic N) is 4. The Hall–Kier alpha value is -3.71. The van der Waals surface area contributed by atoms with Crippen molar-refractivity contribution >= 4 is 23.0 Å². The van der Waals surface area contributed by atoms with Crippen LogP contribution < -0.4 is 10.2 Å². The smallest absolute Gasteiger partial charge is 0.174 e. The lowest BCUT2D eigenvalue weighted by molar-refractivity contribution is 0.475. The quantitative estimate of drug-likeness (QED) is 0.419. The zero-order chi connectivity index (χ0) is 23.1. The third kappa shape index (κ3) is 3.64. The number of phenols is 1. The molecule has 1 fully saturated rings. The number of pyridine rings is 2. The fourth-order valence-electron chi connectivity index (χ4n) is 4.69. The molecule has 1 aliphatic heterocycles. The molecule has 0 radical (unpaired) electrons. The van der Waals surface area contributed by atoms with E-state index in [9.17, 15) is 5.11 Å². The topological polar surface area (TPSA) is 66.2 Å². The van der Waals surface area contributed by atoms with Crippen molar-refractivity contribution in [2.75, 3.05) is 4.90 Å². The second-order valence-electron chi connectivity index (χ2n) is 8.32. The van der Waals surface area contributed by atoms with Crippen LogP contribution in [-0.4, -0.2) is 24.8 Å². The van der Waals surface area contributed by atoms with E-state index in [4.69, 9.17) is 12.2 Å². The average Bonchev–Trinajstić information content (AvgIpc) is 3.31. The van der Waals surface area contributed by atoms with Gasteiger partial charge in [-0.15, -0.1) is 0 Å². The van der Waals surface area contributed by atoms with Crippen LogP contribution in [0.3, 0.4) is 0 Å². The number of aromatic nitrogens is 3. The van der Waals surface area contributed by atoms with Gasteiger partial charge in [-0.1, -0.05) is 12.1 Å². The van der Waals surface area contributed by atoms with E-state index < -0.39 is 0 Å². The Morgan fingerprint density at radius 3 is 2.39 bits per heavy atom. The molecule has 0 amide bonds. The Kier molecular flexibility index (Phi) is 5.34. The van der Waals surface area contributed by atoms with Crippen molar-refractivity contribution in [3.05, 3.63) is 101 Å². The maximum Gasteiger partial charge on any atom is 0.174 e. The molecule has 0 spiro atoms. The number of aromatic hydroxyl groups is 1. The summed E-state index contributed by atoms with van der Waals surface area (Å²) in [5.41, 5.74) is 6.30. The van der Waals surface area contributed by atoms with Gasteiger partial charge in [-0.05, 0) is 92.6 Å². The number of nitrogens with one attached hydrogen (secondary N) is 1. The first-order chi connectivity index (χ1) is 16.0. The fraction of sp³-hybridized carbons (Fsp3) is 0.192. The van der Waals surface area contributed by atoms with Crippen LogP contribution in [0.1, 0.15) is 40.3 Å². The summed E-state index contributed by atoms with van der Waals surface area (Å²) < 4.78 is 2.20. The van der Waals surface area contributed by atoms with Crippen molar-refractivity contribution in [1.82, 2.24) is 19.9 Å². The molecule has 1 aliphatic rings. The van der Waals surface area contributed by atoms with Gasteiger partial charge >= 0.3 is 0 Å². The van der Waals surface area contributed by atoms with Crippen LogP contribution in [0.25, 0.3) is 5.82 Å². The van der Waals surface area contributed by atoms with E-state index in [1.54, 1.807) is 18.3 Å². The first-order valence-electron chi connectivity index (χ1n) is 10.9. The molecule has 6 nitrogen and oxygen atoms in total. The van der Waals surface area contributed by atoms with E-state index in [1.165, 1.54) is 0 Å². The highest BCUT2D eigenvalue weighted by molar-refractivity contribution is 7.80. The molecule has 2 atom stereocenters. The van der Waals surface area contributed by atoms with E-state index in [2.05, 4.69) is 57.7 Å². The number of thiocarbonyl (C=S) groups is 1. The highest BCUT2D eigenvalue weighted by Gasteiger charge is 2.42. The molecular formula is C26H25N5OS. The number of benzene rings is 1. The molecule has 33 heavy (non-hydrogen) atoms. The summed E-state index contributed by atoms with van der Waals surface area (Å²) in [6, 6.07) is 19.1. The van der Waals surface area contributed by atoms with Crippen LogP contribution in [0, 0.1) is 20.8 Å². The summed E-state index contributed by atoms with van der Waals surface area (Å²) in [6.07, 6.45) is 3.63. The number of anilines is 1. The van der Waals surface area contributed by atoms with Crippen LogP contribution in [0.5, 0.6) is 5.75 Å². The van der Waals surface area contributed by atoms with Crippen LogP contribution in [0.15, 0.2) is 73.1 Å². The molecule has 2 N–H and O–H groups in total. The molecule has 1 aromatic carbocycles. The summed E-state index contributed by atoms with van der Waals surface area (Å²) >= 11 is 5.81. The second kappa shape index (κ2) is 8.33. The van der Waals surface area contributed by atoms with Crippen molar-refractivity contribution in [3.8, 4) is 11.6 Å². The van der Waals surface area contributed by atoms with Gasteiger partial charge in [0, 0.05) is 29.5 Å². The Bertz CT molecular complexity index is 1320. The first kappa shape index (κ1) is 21.2. The minimum atomic E-state index is -0.133. The van der Waals surface area contributed by atoms with Gasteiger partial charge in [-0.3, -0.25) is 4.98 Å². The predicted molar refractivity (Wildman–Crippen MR) is 134 cm³/mol. The maximum absolute atomic E-state index is 9.83. The van der Waals surface area contributed by atoms with E-state index in [0.717, 1.165) is 39.7 Å². The second-order valence-corrected chi connectivity index (χ2v) is 8.71. The Morgan fingerprint density at radius 1 is 0.939 bits per heavy atom. The number of phenolic OH excluding ortho intramolecular Hbond substituents is 1. The Balaban J connectivity index is 1.69. The molecule has 4 aromatic rings. The van der Waals surface area contributed by atoms with E-state index in [1.807, 2.05) is 42.6 Å². The van der Waals surface area contributed by atoms with Gasteiger partial charge in [0.2, 0.25) is 0 Å². The van der Waals surface area contributed by atoms with Gasteiger partial charge in [0.15, 0.2) is 5.11 Å². The van der Waals surface area contributed by atoms with Gasteiger partial charge < -0.3 is 19.9 Å². The molecule has 0 saturated carbocycles. The largest absolute Gasteiger partial charge is 0.508 e. The number of aryl methyl sites for hydroxylation is 2. The van der Waals surface area contributed by atoms with Crippen molar-refractivity contribution in [2.45, 2.75) is 32.9 Å². The van der Waals surface area contributed by atoms with E-state index in [-0.39, 0.29) is 17.8 Å². The molecule has 0 bridgehead atoms. The van der Waals surface area contributed by atoms with Crippen molar-refractivity contribution in [2.24, 2.45) is 0 Å². The van der Waals surface area contributed by atoms with Crippen molar-refractivity contribution in [1.29, 1.82) is 0 Å². The van der Waals surface area contributed by atoms with Crippen molar-refractivity contribution < 1.29 is 5.11 Å². The van der Waals surface area contributed by atoms with Crippen LogP contribution >= 0.6 is 12.2 Å². The summed E-state index contributed by atoms with van der Waals surface area (Å²) in [4.78, 5) is 11.4. The van der Waals surface area contributed by atoms with Gasteiger partial charge in [-0.25, -0.2) is 4.98 Å². The first-order valence-corrected chi connectivity index (χ1v) is 11.3. The normalized spacial score (nSPS) is 17.9. The third-order valence-corrected chi connectivity index (χ3v) is 6.52. The lowest BCUT2D eigenvalue weighted by Crippen LogP contribution is -2.29. The van der Waals surface area contributed by atoms with Gasteiger partial charge in [-0.2, -0.15) is 0 Å². The summed E-state index contributed by atoms with van der Waals surface area (Å²) in [7, 11) is 0. The minimum absolute atomic E-state index is 0.124. The Morgan fingerprint density at radius 2 is 1.70 bits per heavy atom. The monoisotopic (exact) mass is 455 g/mol. The number of rotatable bonds is 4. The van der Waals surface area contributed by atoms with Gasteiger partial charge in [0.1, 0.15) is 11.6 Å². The highest BCUT2D eigenvalue weighted by atomic mass is 32.1. The molecule has 1 saturated heterocycles. The predicted octanol–water partition coefficient (Wildman–Crippen LogP) is 5.08. The third-order valence-electron chi connectivity index (χ3n) is 6.21. The maximum atomic E-state index is 9.83. The van der Waals surface area contributed by atoms with E-state index in [0.29, 0.717) is 5.11 Å². The molecule has 4 heterocycles. The highest BCUT2D eigenvalue weighted by Crippen LogP contribution is 2.43. The van der Waals surface area contributed by atoms with Crippen molar-refractivity contribution in [3.63, 3.8) is 0 Å². The van der Waals surface area contributed by atoms with Crippen LogP contribution in [0.4, 0.5) is 5.69 Å². The van der Waals surface area contributed by atoms with Crippen LogP contribution in [0.2, 0.25) is 0 Å². The standard InChI is InChI=1S/C26H25N5OS/c1-16-7-6-14-28-25(16)30-17(2)15-21(18(30)3)24-23(22-8-4-5-13-27-22)29-26(33)31(24)19-9-11-20(32)12-10-19/h4-15,23-24,32H,1-3H3,(H,29,33)/t23-,24-/m1/s1. The number of hydrogen-bond acceptors (Lipinski definition) is 4. The van der Waals surface area contributed by atoms with E-state index >= 15 is 0 Å². The SMILES string of the molecule is Cc1cccnc1-n1c(C)cc([C@@H]2[C@@H](c3ccccn3)NC(=S)N2c2ccc(O)cc2)c1C. The molecule has 166 valence electrons. The summed E-state index contributed by atoms with van der Waals surface area (Å²) in [5, 5.41) is 13.9. The zero-order valence-electron chi connectivity index (χ0n) is 18.7. The number of hydrogen-bond donors (Lipinski definition) is 2. The molecule has 3 aromatic heterocycles. The molecule has 0 unspecified atom stereocenters. The molecule has 5 rings (SSSR count). The van der Waals surface area contributed by atoms with Crippen LogP contribution in [-0.2, 0) is 0 Å². The Labute approximate surface area is 198 Å². The van der Waals surface area contributed by atoms with Gasteiger partial charge in [0.25, 0.3) is 0 Å². The lowest BCUT2D eigenvalue weighted by Gasteiger charge is -2.28. The summed E-state index contributed by atoms with van der Waals surface area (Å²) in [5.74, 6) is 1.15. The average molecular weight is 456 g/mol. The molecule has 7 heteroatoms. The summed E-state index contributed by atoms with van der Waals surface area (Å²) in [6.45, 7) is 6.31. The molecular weight excluding hydrogens is 430 g/mol. The molecule has 0 aliphatic carbocycles. The fourth-order valence-corrected chi connectivity index (χ4v) is 5.03. The minimum Gasteiger partial charge on any atom is -0.508 e.